The number of hydrogen-bond donors (Lipinski definition) is 0. The normalized spacial score (nSPS) is 47.2. The van der Waals surface area contributed by atoms with E-state index < -0.39 is 0 Å². The van der Waals surface area contributed by atoms with Crippen molar-refractivity contribution in [1.82, 2.24) is 0 Å². The second-order valence-electron chi connectivity index (χ2n) is 8.82. The summed E-state index contributed by atoms with van der Waals surface area (Å²) < 4.78 is 6.30. The lowest BCUT2D eigenvalue weighted by Gasteiger charge is -2.34. The van der Waals surface area contributed by atoms with Crippen molar-refractivity contribution >= 4 is 11.6 Å². The van der Waals surface area contributed by atoms with Crippen LogP contribution in [0.5, 0.6) is 0 Å². The minimum absolute atomic E-state index is 0.0446. The summed E-state index contributed by atoms with van der Waals surface area (Å²) in [6.45, 7) is 0.746. The third kappa shape index (κ3) is 2.13. The average Bonchev–Trinajstić information content (AvgIpc) is 3.23. The standard InChI is InChI=1S/C21H28O3/c22-20-14-8-9-15(20)19-17-12(10-16(18(14)19)21(17)23)11-24-13-6-4-2-1-3-5-7-13/h8-9,12-19H,1-7,10-11H2. The fourth-order valence-corrected chi connectivity index (χ4v) is 6.68. The van der Waals surface area contributed by atoms with Gasteiger partial charge in [0.1, 0.15) is 11.6 Å². The summed E-state index contributed by atoms with van der Waals surface area (Å²) in [5, 5.41) is 0. The Morgan fingerprint density at radius 2 is 1.54 bits per heavy atom. The fraction of sp³-hybridized carbons (Fsp3) is 0.810. The zero-order chi connectivity index (χ0) is 16.3. The minimum Gasteiger partial charge on any atom is -0.378 e. The molecule has 0 N–H and O–H groups in total. The van der Waals surface area contributed by atoms with Crippen molar-refractivity contribution in [2.45, 2.75) is 57.5 Å². The van der Waals surface area contributed by atoms with E-state index in [1.54, 1.807) is 0 Å². The van der Waals surface area contributed by atoms with Gasteiger partial charge in [-0.1, -0.05) is 44.3 Å². The first-order valence-corrected chi connectivity index (χ1v) is 10.1. The summed E-state index contributed by atoms with van der Waals surface area (Å²) in [6.07, 6.45) is 14.6. The van der Waals surface area contributed by atoms with E-state index >= 15 is 0 Å². The van der Waals surface area contributed by atoms with Gasteiger partial charge in [-0.25, -0.2) is 0 Å². The predicted octanol–water partition coefficient (Wildman–Crippen LogP) is 3.57. The molecule has 0 aromatic carbocycles. The number of ketones is 2. The molecular formula is C21H28O3. The lowest BCUT2D eigenvalue weighted by Crippen LogP contribution is -2.34. The van der Waals surface area contributed by atoms with Crippen LogP contribution in [0, 0.1) is 41.4 Å². The van der Waals surface area contributed by atoms with Crippen molar-refractivity contribution in [3.8, 4) is 0 Å². The molecule has 5 rings (SSSR count). The minimum atomic E-state index is 0.0446. The zero-order valence-corrected chi connectivity index (χ0v) is 14.4. The monoisotopic (exact) mass is 328 g/mol. The first-order chi connectivity index (χ1) is 11.8. The highest BCUT2D eigenvalue weighted by Gasteiger charge is 2.68. The van der Waals surface area contributed by atoms with Gasteiger partial charge in [0, 0.05) is 23.7 Å². The Morgan fingerprint density at radius 1 is 0.875 bits per heavy atom. The Kier molecular flexibility index (Phi) is 3.69. The first-order valence-electron chi connectivity index (χ1n) is 10.1. The molecule has 3 nitrogen and oxygen atoms in total. The molecular weight excluding hydrogens is 300 g/mol. The number of ether oxygens (including phenoxy) is 1. The van der Waals surface area contributed by atoms with Crippen molar-refractivity contribution in [1.29, 1.82) is 0 Å². The van der Waals surface area contributed by atoms with Gasteiger partial charge in [-0.3, -0.25) is 9.59 Å². The van der Waals surface area contributed by atoms with Crippen molar-refractivity contribution < 1.29 is 14.3 Å². The molecule has 0 aromatic rings. The van der Waals surface area contributed by atoms with E-state index in [1.165, 1.54) is 44.9 Å². The molecule has 0 radical (unpaired) electrons. The molecule has 7 atom stereocenters. The number of hydrogen-bond acceptors (Lipinski definition) is 3. The average molecular weight is 328 g/mol. The van der Waals surface area contributed by atoms with Crippen LogP contribution in [0.1, 0.15) is 51.4 Å². The first kappa shape index (κ1) is 15.3. The molecule has 4 bridgehead atoms. The van der Waals surface area contributed by atoms with Crippen molar-refractivity contribution in [3.63, 3.8) is 0 Å². The molecule has 5 aliphatic carbocycles. The van der Waals surface area contributed by atoms with Gasteiger partial charge in [-0.05, 0) is 37.0 Å². The summed E-state index contributed by atoms with van der Waals surface area (Å²) in [5.74, 6) is 2.24. The smallest absolute Gasteiger partial charge is 0.147 e. The van der Waals surface area contributed by atoms with E-state index in [-0.39, 0.29) is 23.7 Å². The van der Waals surface area contributed by atoms with Gasteiger partial charge in [0.25, 0.3) is 0 Å². The molecule has 0 spiro atoms. The molecule has 0 amide bonds. The maximum Gasteiger partial charge on any atom is 0.147 e. The molecule has 130 valence electrons. The third-order valence-corrected chi connectivity index (χ3v) is 7.69. The van der Waals surface area contributed by atoms with Crippen LogP contribution in [-0.2, 0) is 14.3 Å². The Morgan fingerprint density at radius 3 is 2.29 bits per heavy atom. The van der Waals surface area contributed by atoms with Crippen LogP contribution in [0.15, 0.2) is 12.2 Å². The second-order valence-corrected chi connectivity index (χ2v) is 8.82. The number of carbonyl (C=O) groups excluding carboxylic acids is 2. The van der Waals surface area contributed by atoms with Crippen molar-refractivity contribution in [2.75, 3.05) is 6.61 Å². The van der Waals surface area contributed by atoms with E-state index in [9.17, 15) is 9.59 Å². The molecule has 0 saturated heterocycles. The van der Waals surface area contributed by atoms with Gasteiger partial charge in [0.2, 0.25) is 0 Å². The van der Waals surface area contributed by atoms with Gasteiger partial charge in [-0.15, -0.1) is 0 Å². The second kappa shape index (κ2) is 5.79. The van der Waals surface area contributed by atoms with Crippen LogP contribution in [-0.4, -0.2) is 24.3 Å². The van der Waals surface area contributed by atoms with Crippen LogP contribution in [0.2, 0.25) is 0 Å². The lowest BCUT2D eigenvalue weighted by atomic mass is 9.69. The van der Waals surface area contributed by atoms with Crippen LogP contribution in [0.4, 0.5) is 0 Å². The summed E-state index contributed by atoms with van der Waals surface area (Å²) in [6, 6.07) is 0. The van der Waals surface area contributed by atoms with Gasteiger partial charge < -0.3 is 4.74 Å². The highest BCUT2D eigenvalue weighted by Crippen LogP contribution is 2.64. The molecule has 4 fully saturated rings. The Labute approximate surface area is 144 Å². The van der Waals surface area contributed by atoms with Crippen LogP contribution in [0.25, 0.3) is 0 Å². The number of carbonyl (C=O) groups is 2. The number of rotatable bonds is 3. The summed E-state index contributed by atoms with van der Waals surface area (Å²) in [4.78, 5) is 25.2. The SMILES string of the molecule is O=C1C2C=CC1C1C3C(=O)C(CC3COC3CCCCCCC3)C21. The Hall–Kier alpha value is -0.960. The molecule has 5 aliphatic rings. The van der Waals surface area contributed by atoms with Crippen LogP contribution >= 0.6 is 0 Å². The highest BCUT2D eigenvalue weighted by molar-refractivity contribution is 5.98. The number of Topliss-reactive ketones (excluding diaryl/α,β-unsaturated/α-hetero) is 2. The van der Waals surface area contributed by atoms with Gasteiger partial charge in [0.15, 0.2) is 0 Å². The van der Waals surface area contributed by atoms with Crippen molar-refractivity contribution in [2.24, 2.45) is 41.4 Å². The van der Waals surface area contributed by atoms with Gasteiger partial charge >= 0.3 is 0 Å². The quantitative estimate of drug-likeness (QED) is 0.587. The van der Waals surface area contributed by atoms with Gasteiger partial charge in [0.05, 0.1) is 12.7 Å². The lowest BCUT2D eigenvalue weighted by molar-refractivity contribution is -0.125. The molecule has 4 saturated carbocycles. The van der Waals surface area contributed by atoms with Gasteiger partial charge in [-0.2, -0.15) is 0 Å². The highest BCUT2D eigenvalue weighted by atomic mass is 16.5. The fourth-order valence-electron chi connectivity index (χ4n) is 6.68. The predicted molar refractivity (Wildman–Crippen MR) is 90.3 cm³/mol. The van der Waals surface area contributed by atoms with E-state index in [1.807, 2.05) is 0 Å². The molecule has 7 unspecified atom stereocenters. The Bertz CT molecular complexity index is 572. The van der Waals surface area contributed by atoms with E-state index in [4.69, 9.17) is 4.74 Å². The number of allylic oxidation sites excluding steroid dienone is 2. The maximum atomic E-state index is 12.8. The van der Waals surface area contributed by atoms with E-state index in [0.29, 0.717) is 35.4 Å². The molecule has 0 heterocycles. The largest absolute Gasteiger partial charge is 0.378 e. The topological polar surface area (TPSA) is 43.4 Å². The molecule has 3 heteroatoms. The maximum absolute atomic E-state index is 12.8. The van der Waals surface area contributed by atoms with Crippen LogP contribution in [0.3, 0.4) is 0 Å². The number of fused-ring (bicyclic) bond motifs is 9. The van der Waals surface area contributed by atoms with E-state index in [0.717, 1.165) is 13.0 Å². The van der Waals surface area contributed by atoms with E-state index in [2.05, 4.69) is 12.2 Å². The summed E-state index contributed by atoms with van der Waals surface area (Å²) in [5.41, 5.74) is 0. The summed E-state index contributed by atoms with van der Waals surface area (Å²) in [7, 11) is 0. The third-order valence-electron chi connectivity index (χ3n) is 7.69. The van der Waals surface area contributed by atoms with Crippen LogP contribution < -0.4 is 0 Å². The summed E-state index contributed by atoms with van der Waals surface area (Å²) >= 11 is 0. The molecule has 0 aromatic heterocycles. The molecule has 24 heavy (non-hydrogen) atoms. The molecule has 0 aliphatic heterocycles. The Balaban J connectivity index is 1.26. The zero-order valence-electron chi connectivity index (χ0n) is 14.4. The van der Waals surface area contributed by atoms with Crippen molar-refractivity contribution in [3.05, 3.63) is 12.2 Å².